The highest BCUT2D eigenvalue weighted by atomic mass is 19.1. The second kappa shape index (κ2) is 9.71. The molecule has 0 spiro atoms. The Morgan fingerprint density at radius 3 is 2.12 bits per heavy atom. The molecule has 4 heteroatoms. The number of rotatable bonds is 7. The third-order valence-corrected chi connectivity index (χ3v) is 7.28. The summed E-state index contributed by atoms with van der Waals surface area (Å²) in [4.78, 5) is 15.5. The number of halogens is 1. The van der Waals surface area contributed by atoms with Crippen LogP contribution in [0.4, 0.5) is 4.39 Å². The molecule has 0 aromatic heterocycles. The largest absolute Gasteiger partial charge is 0.390 e. The van der Waals surface area contributed by atoms with E-state index in [1.165, 1.54) is 17.7 Å². The molecule has 1 aliphatic rings. The topological polar surface area (TPSA) is 40.5 Å². The molecule has 0 radical (unpaired) electrons. The van der Waals surface area contributed by atoms with E-state index in [9.17, 15) is 14.3 Å². The summed E-state index contributed by atoms with van der Waals surface area (Å²) in [5.41, 5.74) is 3.25. The second-order valence-corrected chi connectivity index (χ2v) is 10.3. The normalized spacial score (nSPS) is 19.8. The molecule has 3 nitrogen and oxygen atoms in total. The zero-order valence-corrected chi connectivity index (χ0v) is 20.3. The van der Waals surface area contributed by atoms with Crippen LogP contribution in [0, 0.1) is 5.82 Å². The lowest BCUT2D eigenvalue weighted by molar-refractivity contribution is -0.138. The summed E-state index contributed by atoms with van der Waals surface area (Å²) < 4.78 is 13.2. The van der Waals surface area contributed by atoms with Crippen LogP contribution in [0.3, 0.4) is 0 Å². The molecular weight excluding hydrogens is 425 g/mol. The Labute approximate surface area is 202 Å². The second-order valence-electron chi connectivity index (χ2n) is 10.3. The first-order chi connectivity index (χ1) is 16.2. The summed E-state index contributed by atoms with van der Waals surface area (Å²) in [5, 5.41) is 10.4. The standard InChI is InChI=1S/C30H34FNO2/c1-22(23-9-11-24(12-10-23)25-13-15-27(31)16-14-25)32-20-19-30(21-28(32)33,18-17-29(2,3)34)26-7-5-4-6-8-26/h4-16,22,34H,17-21H2,1-3H3/t22-,30-/m0/s1. The number of benzene rings is 3. The number of aliphatic hydroxyl groups is 1. The quantitative estimate of drug-likeness (QED) is 0.429. The average Bonchev–Trinajstić information content (AvgIpc) is 2.83. The first-order valence-electron chi connectivity index (χ1n) is 12.1. The first kappa shape index (κ1) is 24.2. The van der Waals surface area contributed by atoms with Gasteiger partial charge >= 0.3 is 0 Å². The molecule has 0 aliphatic carbocycles. The highest BCUT2D eigenvalue weighted by Gasteiger charge is 2.42. The molecule has 3 aromatic carbocycles. The number of likely N-dealkylation sites (tertiary alicyclic amines) is 1. The Morgan fingerprint density at radius 1 is 0.971 bits per heavy atom. The number of hydrogen-bond acceptors (Lipinski definition) is 2. The van der Waals surface area contributed by atoms with Gasteiger partial charge in [-0.15, -0.1) is 0 Å². The van der Waals surface area contributed by atoms with Gasteiger partial charge in [0.2, 0.25) is 5.91 Å². The highest BCUT2D eigenvalue weighted by molar-refractivity contribution is 5.79. The maximum atomic E-state index is 13.5. The van der Waals surface area contributed by atoms with Gasteiger partial charge in [-0.1, -0.05) is 66.7 Å². The minimum atomic E-state index is -0.762. The molecule has 178 valence electrons. The van der Waals surface area contributed by atoms with Gasteiger partial charge in [-0.2, -0.15) is 0 Å². The number of hydrogen-bond donors (Lipinski definition) is 1. The van der Waals surface area contributed by atoms with Crippen molar-refractivity contribution in [1.82, 2.24) is 4.90 Å². The van der Waals surface area contributed by atoms with E-state index in [-0.39, 0.29) is 23.2 Å². The van der Waals surface area contributed by atoms with Crippen LogP contribution in [0.1, 0.15) is 63.6 Å². The minimum Gasteiger partial charge on any atom is -0.390 e. The molecule has 0 saturated carbocycles. The third-order valence-electron chi connectivity index (χ3n) is 7.28. The Balaban J connectivity index is 1.51. The summed E-state index contributed by atoms with van der Waals surface area (Å²) in [5.74, 6) is -0.0901. The van der Waals surface area contributed by atoms with Gasteiger partial charge in [-0.3, -0.25) is 4.79 Å². The van der Waals surface area contributed by atoms with E-state index in [0.29, 0.717) is 19.4 Å². The zero-order valence-electron chi connectivity index (χ0n) is 20.3. The van der Waals surface area contributed by atoms with Crippen molar-refractivity contribution in [3.05, 3.63) is 95.8 Å². The molecule has 2 atom stereocenters. The van der Waals surface area contributed by atoms with Crippen LogP contribution in [0.5, 0.6) is 0 Å². The Hall–Kier alpha value is -2.98. The summed E-state index contributed by atoms with van der Waals surface area (Å²) in [7, 11) is 0. The van der Waals surface area contributed by atoms with Gasteiger partial charge in [-0.05, 0) is 74.4 Å². The third kappa shape index (κ3) is 5.39. The monoisotopic (exact) mass is 459 g/mol. The van der Waals surface area contributed by atoms with Crippen molar-refractivity contribution in [3.63, 3.8) is 0 Å². The molecule has 4 rings (SSSR count). The summed E-state index contributed by atoms with van der Waals surface area (Å²) in [6.45, 7) is 6.43. The summed E-state index contributed by atoms with van der Waals surface area (Å²) in [6.07, 6.45) is 2.75. The van der Waals surface area contributed by atoms with Crippen LogP contribution in [0.2, 0.25) is 0 Å². The lowest BCUT2D eigenvalue weighted by Gasteiger charge is -2.44. The number of piperidine rings is 1. The van der Waals surface area contributed by atoms with Crippen molar-refractivity contribution < 1.29 is 14.3 Å². The zero-order chi connectivity index (χ0) is 24.3. The molecule has 1 N–H and O–H groups in total. The fourth-order valence-electron chi connectivity index (χ4n) is 5.07. The fraction of sp³-hybridized carbons (Fsp3) is 0.367. The van der Waals surface area contributed by atoms with E-state index in [2.05, 4.69) is 31.2 Å². The van der Waals surface area contributed by atoms with Crippen LogP contribution in [0.15, 0.2) is 78.9 Å². The van der Waals surface area contributed by atoms with Gasteiger partial charge in [0.25, 0.3) is 0 Å². The van der Waals surface area contributed by atoms with E-state index in [1.54, 1.807) is 12.1 Å². The SMILES string of the molecule is C[C@@H](c1ccc(-c2ccc(F)cc2)cc1)N1CC[C@](CCC(C)(C)O)(c2ccccc2)CC1=O. The van der Waals surface area contributed by atoms with E-state index < -0.39 is 5.60 Å². The van der Waals surface area contributed by atoms with Gasteiger partial charge in [0.15, 0.2) is 0 Å². The van der Waals surface area contributed by atoms with Crippen LogP contribution >= 0.6 is 0 Å². The van der Waals surface area contributed by atoms with Crippen molar-refractivity contribution in [3.8, 4) is 11.1 Å². The molecule has 1 fully saturated rings. The van der Waals surface area contributed by atoms with Crippen LogP contribution in [-0.2, 0) is 10.2 Å². The summed E-state index contributed by atoms with van der Waals surface area (Å²) >= 11 is 0. The Kier molecular flexibility index (Phi) is 6.90. The van der Waals surface area contributed by atoms with Crippen LogP contribution in [-0.4, -0.2) is 28.1 Å². The number of carbonyl (C=O) groups is 1. The van der Waals surface area contributed by atoms with Gasteiger partial charge in [0.05, 0.1) is 11.6 Å². The van der Waals surface area contributed by atoms with E-state index >= 15 is 0 Å². The number of amides is 1. The number of nitrogens with zero attached hydrogens (tertiary/aromatic N) is 1. The smallest absolute Gasteiger partial charge is 0.223 e. The maximum absolute atomic E-state index is 13.5. The van der Waals surface area contributed by atoms with Crippen molar-refractivity contribution in [2.24, 2.45) is 0 Å². The molecule has 1 aliphatic heterocycles. The lowest BCUT2D eigenvalue weighted by Crippen LogP contribution is -2.47. The van der Waals surface area contributed by atoms with Crippen molar-refractivity contribution in [2.45, 2.75) is 63.5 Å². The molecule has 34 heavy (non-hydrogen) atoms. The Bertz CT molecular complexity index is 1100. The molecule has 3 aromatic rings. The van der Waals surface area contributed by atoms with Gasteiger partial charge in [0.1, 0.15) is 5.82 Å². The predicted molar refractivity (Wildman–Crippen MR) is 135 cm³/mol. The predicted octanol–water partition coefficient (Wildman–Crippen LogP) is 6.67. The fourth-order valence-corrected chi connectivity index (χ4v) is 5.07. The van der Waals surface area contributed by atoms with Crippen molar-refractivity contribution in [2.75, 3.05) is 6.54 Å². The molecular formula is C30H34FNO2. The van der Waals surface area contributed by atoms with E-state index in [1.807, 2.05) is 49.1 Å². The summed E-state index contributed by atoms with van der Waals surface area (Å²) in [6, 6.07) is 24.9. The van der Waals surface area contributed by atoms with Crippen molar-refractivity contribution >= 4 is 5.91 Å². The van der Waals surface area contributed by atoms with Crippen LogP contribution in [0.25, 0.3) is 11.1 Å². The van der Waals surface area contributed by atoms with Gasteiger partial charge in [0, 0.05) is 18.4 Å². The molecule has 1 amide bonds. The van der Waals surface area contributed by atoms with Gasteiger partial charge < -0.3 is 10.0 Å². The van der Waals surface area contributed by atoms with Crippen LogP contribution < -0.4 is 0 Å². The molecule has 1 heterocycles. The lowest BCUT2D eigenvalue weighted by atomic mass is 9.68. The average molecular weight is 460 g/mol. The highest BCUT2D eigenvalue weighted by Crippen LogP contribution is 2.43. The van der Waals surface area contributed by atoms with E-state index in [0.717, 1.165) is 29.5 Å². The number of carbonyl (C=O) groups excluding carboxylic acids is 1. The maximum Gasteiger partial charge on any atom is 0.223 e. The van der Waals surface area contributed by atoms with Crippen molar-refractivity contribution in [1.29, 1.82) is 0 Å². The molecule has 0 unspecified atom stereocenters. The molecule has 1 saturated heterocycles. The minimum absolute atomic E-state index is 0.0298. The molecule has 0 bridgehead atoms. The van der Waals surface area contributed by atoms with Gasteiger partial charge in [-0.25, -0.2) is 4.39 Å². The van der Waals surface area contributed by atoms with E-state index in [4.69, 9.17) is 0 Å². The Morgan fingerprint density at radius 2 is 1.56 bits per heavy atom. The first-order valence-corrected chi connectivity index (χ1v) is 12.1.